The van der Waals surface area contributed by atoms with E-state index in [0.29, 0.717) is 24.5 Å². The van der Waals surface area contributed by atoms with Crippen molar-refractivity contribution in [2.75, 3.05) is 25.1 Å². The van der Waals surface area contributed by atoms with Gasteiger partial charge in [-0.25, -0.2) is 0 Å². The molecule has 0 aromatic carbocycles. The van der Waals surface area contributed by atoms with Crippen LogP contribution in [0.4, 0.5) is 6.01 Å². The second kappa shape index (κ2) is 4.69. The van der Waals surface area contributed by atoms with Crippen molar-refractivity contribution < 1.29 is 9.26 Å². The molecule has 0 amide bonds. The molecule has 3 rings (SSSR count). The molecule has 0 bridgehead atoms. The van der Waals surface area contributed by atoms with Crippen LogP contribution in [0.2, 0.25) is 0 Å². The van der Waals surface area contributed by atoms with E-state index in [1.165, 1.54) is 0 Å². The zero-order chi connectivity index (χ0) is 12.5. The van der Waals surface area contributed by atoms with Gasteiger partial charge in [-0.3, -0.25) is 4.68 Å². The first-order valence-electron chi connectivity index (χ1n) is 5.52. The Morgan fingerprint density at radius 1 is 1.56 bits per heavy atom. The minimum atomic E-state index is 0.356. The van der Waals surface area contributed by atoms with Crippen molar-refractivity contribution in [3.63, 3.8) is 0 Å². The molecule has 8 heteroatoms. The fourth-order valence-corrected chi connectivity index (χ4v) is 2.16. The van der Waals surface area contributed by atoms with Gasteiger partial charge in [-0.2, -0.15) is 10.1 Å². The summed E-state index contributed by atoms with van der Waals surface area (Å²) in [5, 5.41) is 8.09. The average Bonchev–Trinajstić information content (AvgIpc) is 2.88. The molecule has 1 aliphatic rings. The topological polar surface area (TPSA) is 69.2 Å². The summed E-state index contributed by atoms with van der Waals surface area (Å²) in [7, 11) is 1.60. The van der Waals surface area contributed by atoms with Gasteiger partial charge >= 0.3 is 6.01 Å². The molecular weight excluding hydrogens is 302 g/mol. The van der Waals surface area contributed by atoms with Gasteiger partial charge in [-0.15, -0.1) is 0 Å². The van der Waals surface area contributed by atoms with Crippen LogP contribution in [0.25, 0.3) is 0 Å². The van der Waals surface area contributed by atoms with Gasteiger partial charge in [0.15, 0.2) is 5.82 Å². The van der Waals surface area contributed by atoms with Crippen molar-refractivity contribution >= 4 is 21.9 Å². The minimum absolute atomic E-state index is 0.356. The molecule has 0 unspecified atom stereocenters. The average molecular weight is 314 g/mol. The lowest BCUT2D eigenvalue weighted by atomic mass is 10.1. The number of anilines is 1. The van der Waals surface area contributed by atoms with Crippen LogP contribution in [0.15, 0.2) is 21.4 Å². The van der Waals surface area contributed by atoms with Crippen LogP contribution in [-0.2, 0) is 11.3 Å². The van der Waals surface area contributed by atoms with E-state index in [2.05, 4.69) is 31.2 Å². The first kappa shape index (κ1) is 11.7. The Kier molecular flexibility index (Phi) is 3.04. The number of hydrogen-bond donors (Lipinski definition) is 0. The molecule has 0 N–H and O–H groups in total. The third-order valence-electron chi connectivity index (χ3n) is 2.81. The minimum Gasteiger partial charge on any atom is -0.377 e. The summed E-state index contributed by atoms with van der Waals surface area (Å²) >= 11 is 3.38. The molecule has 0 saturated carbocycles. The maximum atomic E-state index is 5.16. The second-order valence-electron chi connectivity index (χ2n) is 4.12. The lowest BCUT2D eigenvalue weighted by Crippen LogP contribution is -2.48. The summed E-state index contributed by atoms with van der Waals surface area (Å²) < 4.78 is 13.0. The maximum absolute atomic E-state index is 5.16. The molecule has 1 fully saturated rings. The summed E-state index contributed by atoms with van der Waals surface area (Å²) in [6, 6.07) is 0.901. The number of aromatic nitrogens is 4. The van der Waals surface area contributed by atoms with Crippen LogP contribution in [0.1, 0.15) is 11.9 Å². The van der Waals surface area contributed by atoms with E-state index in [0.717, 1.165) is 17.6 Å². The number of rotatable bonds is 4. The quantitative estimate of drug-likeness (QED) is 0.845. The summed E-state index contributed by atoms with van der Waals surface area (Å²) in [5.41, 5.74) is 0. The van der Waals surface area contributed by atoms with E-state index in [9.17, 15) is 0 Å². The number of methoxy groups -OCH3 is 1. The fourth-order valence-electron chi connectivity index (χ4n) is 1.85. The Hall–Kier alpha value is -1.41. The van der Waals surface area contributed by atoms with E-state index in [1.54, 1.807) is 13.3 Å². The molecule has 3 heterocycles. The highest BCUT2D eigenvalue weighted by Gasteiger charge is 2.32. The van der Waals surface area contributed by atoms with Crippen LogP contribution in [0.5, 0.6) is 0 Å². The number of nitrogens with zero attached hydrogens (tertiary/aromatic N) is 5. The van der Waals surface area contributed by atoms with E-state index < -0.39 is 0 Å². The SMILES string of the molecule is COCc1noc(N2CC(n3cc(Br)cn3)C2)n1. The molecule has 96 valence electrons. The van der Waals surface area contributed by atoms with Crippen molar-refractivity contribution in [1.82, 2.24) is 19.9 Å². The Morgan fingerprint density at radius 3 is 3.06 bits per heavy atom. The number of halogens is 1. The number of ether oxygens (including phenoxy) is 1. The van der Waals surface area contributed by atoms with Gasteiger partial charge in [-0.05, 0) is 15.9 Å². The van der Waals surface area contributed by atoms with Gasteiger partial charge in [0.2, 0.25) is 0 Å². The second-order valence-corrected chi connectivity index (χ2v) is 5.04. The van der Waals surface area contributed by atoms with Crippen LogP contribution in [-0.4, -0.2) is 40.1 Å². The first-order chi connectivity index (χ1) is 8.76. The molecule has 1 saturated heterocycles. The first-order valence-corrected chi connectivity index (χ1v) is 6.31. The Morgan fingerprint density at radius 2 is 2.39 bits per heavy atom. The van der Waals surface area contributed by atoms with Crippen molar-refractivity contribution in [2.45, 2.75) is 12.6 Å². The Bertz CT molecular complexity index is 534. The van der Waals surface area contributed by atoms with E-state index >= 15 is 0 Å². The normalized spacial score (nSPS) is 16.0. The molecule has 0 atom stereocenters. The largest absolute Gasteiger partial charge is 0.377 e. The van der Waals surface area contributed by atoms with Crippen molar-refractivity contribution in [3.05, 3.63) is 22.7 Å². The van der Waals surface area contributed by atoms with Crippen LogP contribution < -0.4 is 4.90 Å². The molecular formula is C10H12BrN5O2. The van der Waals surface area contributed by atoms with E-state index in [1.807, 2.05) is 15.8 Å². The highest BCUT2D eigenvalue weighted by molar-refractivity contribution is 9.10. The smallest absolute Gasteiger partial charge is 0.324 e. The fraction of sp³-hybridized carbons (Fsp3) is 0.500. The predicted octanol–water partition coefficient (Wildman–Crippen LogP) is 1.24. The standard InChI is InChI=1S/C10H12BrN5O2/c1-17-6-9-13-10(18-14-9)15-4-8(5-15)16-3-7(11)2-12-16/h2-3,8H,4-6H2,1H3. The van der Waals surface area contributed by atoms with Gasteiger partial charge in [0.05, 0.1) is 16.7 Å². The summed E-state index contributed by atoms with van der Waals surface area (Å²) in [6.45, 7) is 2.01. The lowest BCUT2D eigenvalue weighted by molar-refractivity contribution is 0.174. The van der Waals surface area contributed by atoms with Crippen molar-refractivity contribution in [1.29, 1.82) is 0 Å². The highest BCUT2D eigenvalue weighted by atomic mass is 79.9. The van der Waals surface area contributed by atoms with Gasteiger partial charge in [0.1, 0.15) is 6.61 Å². The highest BCUT2D eigenvalue weighted by Crippen LogP contribution is 2.26. The van der Waals surface area contributed by atoms with E-state index in [-0.39, 0.29) is 0 Å². The molecule has 2 aromatic rings. The van der Waals surface area contributed by atoms with Crippen molar-refractivity contribution in [2.24, 2.45) is 0 Å². The Labute approximate surface area is 112 Å². The molecule has 2 aromatic heterocycles. The molecule has 1 aliphatic heterocycles. The van der Waals surface area contributed by atoms with Crippen molar-refractivity contribution in [3.8, 4) is 0 Å². The molecule has 0 aliphatic carbocycles. The van der Waals surface area contributed by atoms with Crippen LogP contribution in [0.3, 0.4) is 0 Å². The zero-order valence-corrected chi connectivity index (χ0v) is 11.4. The van der Waals surface area contributed by atoms with Gasteiger partial charge in [-0.1, -0.05) is 5.16 Å². The molecule has 18 heavy (non-hydrogen) atoms. The summed E-state index contributed by atoms with van der Waals surface area (Å²) in [4.78, 5) is 6.26. The molecule has 0 spiro atoms. The predicted molar refractivity (Wildman–Crippen MR) is 66.2 cm³/mol. The summed E-state index contributed by atoms with van der Waals surface area (Å²) in [5.74, 6) is 0.567. The van der Waals surface area contributed by atoms with Gasteiger partial charge in [0.25, 0.3) is 0 Å². The van der Waals surface area contributed by atoms with Crippen LogP contribution in [0, 0.1) is 0 Å². The molecule has 7 nitrogen and oxygen atoms in total. The summed E-state index contributed by atoms with van der Waals surface area (Å²) in [6.07, 6.45) is 3.75. The van der Waals surface area contributed by atoms with Crippen LogP contribution >= 0.6 is 15.9 Å². The van der Waals surface area contributed by atoms with E-state index in [4.69, 9.17) is 9.26 Å². The lowest BCUT2D eigenvalue weighted by Gasteiger charge is -2.37. The molecule has 0 radical (unpaired) electrons. The van der Waals surface area contributed by atoms with Gasteiger partial charge < -0.3 is 14.2 Å². The monoisotopic (exact) mass is 313 g/mol. The van der Waals surface area contributed by atoms with Gasteiger partial charge in [0, 0.05) is 26.4 Å². The maximum Gasteiger partial charge on any atom is 0.324 e. The Balaban J connectivity index is 1.61. The zero-order valence-electron chi connectivity index (χ0n) is 9.78. The number of hydrogen-bond acceptors (Lipinski definition) is 6. The third-order valence-corrected chi connectivity index (χ3v) is 3.22. The third kappa shape index (κ3) is 2.13.